The van der Waals surface area contributed by atoms with Crippen LogP contribution in [-0.4, -0.2) is 15.3 Å². The average Bonchev–Trinajstić information content (AvgIpc) is 2.53. The molecule has 1 heterocycles. The number of hydrogen-bond acceptors (Lipinski definition) is 3. The summed E-state index contributed by atoms with van der Waals surface area (Å²) in [4.78, 5) is 17.6. The molecule has 0 radical (unpaired) electrons. The first-order valence-electron chi connectivity index (χ1n) is 7.80. The Morgan fingerprint density at radius 3 is 2.55 bits per heavy atom. The van der Waals surface area contributed by atoms with Crippen LogP contribution in [-0.2, 0) is 6.54 Å². The lowest BCUT2D eigenvalue weighted by Gasteiger charge is -2.12. The fourth-order valence-corrected chi connectivity index (χ4v) is 3.39. The molecule has 0 saturated heterocycles. The summed E-state index contributed by atoms with van der Waals surface area (Å²) in [6, 6.07) is 12.1. The smallest absolute Gasteiger partial charge is 0.262 e. The zero-order valence-corrected chi connectivity index (χ0v) is 13.8. The van der Waals surface area contributed by atoms with Gasteiger partial charge in [0.2, 0.25) is 0 Å². The van der Waals surface area contributed by atoms with Crippen molar-refractivity contribution < 1.29 is 0 Å². The van der Waals surface area contributed by atoms with Crippen LogP contribution >= 0.6 is 11.8 Å². The molecule has 0 aliphatic rings. The quantitative estimate of drug-likeness (QED) is 0.396. The van der Waals surface area contributed by atoms with Gasteiger partial charge in [0.1, 0.15) is 0 Å². The van der Waals surface area contributed by atoms with Crippen molar-refractivity contribution in [3.8, 4) is 0 Å². The number of fused-ring (bicyclic) bond motifs is 2. The van der Waals surface area contributed by atoms with Gasteiger partial charge in [0.25, 0.3) is 5.56 Å². The molecule has 4 heteroatoms. The monoisotopic (exact) mass is 312 g/mol. The lowest BCUT2D eigenvalue weighted by Crippen LogP contribution is -2.23. The molecule has 1 aromatic heterocycles. The van der Waals surface area contributed by atoms with E-state index in [2.05, 4.69) is 19.9 Å². The highest BCUT2D eigenvalue weighted by molar-refractivity contribution is 7.99. The Kier molecular flexibility index (Phi) is 4.48. The highest BCUT2D eigenvalue weighted by Gasteiger charge is 2.11. The van der Waals surface area contributed by atoms with Crippen LogP contribution in [0.1, 0.15) is 26.7 Å². The van der Waals surface area contributed by atoms with Crippen molar-refractivity contribution in [2.24, 2.45) is 0 Å². The molecule has 3 nitrogen and oxygen atoms in total. The third kappa shape index (κ3) is 2.75. The first-order chi connectivity index (χ1) is 10.7. The first-order valence-corrected chi connectivity index (χ1v) is 8.79. The minimum Gasteiger partial charge on any atom is -0.287 e. The van der Waals surface area contributed by atoms with Crippen LogP contribution in [0.5, 0.6) is 0 Å². The number of unbranched alkanes of at least 4 members (excludes halogenated alkanes) is 1. The Labute approximate surface area is 134 Å². The molecule has 0 aliphatic carbocycles. The third-order valence-corrected chi connectivity index (χ3v) is 4.65. The van der Waals surface area contributed by atoms with Crippen LogP contribution in [0, 0.1) is 0 Å². The highest BCUT2D eigenvalue weighted by atomic mass is 32.2. The van der Waals surface area contributed by atoms with E-state index in [-0.39, 0.29) is 5.56 Å². The molecule has 114 valence electrons. The Morgan fingerprint density at radius 2 is 1.86 bits per heavy atom. The molecule has 0 saturated carbocycles. The predicted molar refractivity (Wildman–Crippen MR) is 94.8 cm³/mol. The van der Waals surface area contributed by atoms with Crippen molar-refractivity contribution in [2.75, 3.05) is 5.75 Å². The molecule has 0 aliphatic heterocycles. The zero-order valence-electron chi connectivity index (χ0n) is 13.0. The molecule has 0 fully saturated rings. The van der Waals surface area contributed by atoms with Gasteiger partial charge in [-0.3, -0.25) is 9.36 Å². The predicted octanol–water partition coefficient (Wildman–Crippen LogP) is 4.46. The largest absolute Gasteiger partial charge is 0.287 e. The summed E-state index contributed by atoms with van der Waals surface area (Å²) < 4.78 is 1.84. The van der Waals surface area contributed by atoms with E-state index in [1.807, 2.05) is 34.9 Å². The fraction of sp³-hybridized carbons (Fsp3) is 0.333. The van der Waals surface area contributed by atoms with Gasteiger partial charge < -0.3 is 0 Å². The molecular weight excluding hydrogens is 292 g/mol. The maximum absolute atomic E-state index is 12.9. The summed E-state index contributed by atoms with van der Waals surface area (Å²) in [5.74, 6) is 0.914. The molecule has 0 spiro atoms. The van der Waals surface area contributed by atoms with Gasteiger partial charge >= 0.3 is 0 Å². The number of aromatic nitrogens is 2. The summed E-state index contributed by atoms with van der Waals surface area (Å²) in [5.41, 5.74) is 0.882. The molecule has 0 unspecified atom stereocenters. The standard InChI is InChI=1S/C18H20N2OS/c1-3-5-10-20-17(21)15-11-13-8-6-7-9-14(13)12-16(15)19-18(20)22-4-2/h6-9,11-12H,3-5,10H2,1-2H3. The molecule has 0 atom stereocenters. The third-order valence-electron chi connectivity index (χ3n) is 3.80. The fourth-order valence-electron chi connectivity index (χ4n) is 2.64. The highest BCUT2D eigenvalue weighted by Crippen LogP contribution is 2.22. The van der Waals surface area contributed by atoms with Crippen molar-refractivity contribution in [3.63, 3.8) is 0 Å². The van der Waals surface area contributed by atoms with E-state index >= 15 is 0 Å². The topological polar surface area (TPSA) is 34.9 Å². The molecule has 22 heavy (non-hydrogen) atoms. The van der Waals surface area contributed by atoms with E-state index in [0.29, 0.717) is 0 Å². The van der Waals surface area contributed by atoms with Gasteiger partial charge in [-0.15, -0.1) is 0 Å². The molecule has 3 aromatic rings. The molecular formula is C18H20N2OS. The van der Waals surface area contributed by atoms with Gasteiger partial charge in [0.15, 0.2) is 5.16 Å². The SMILES string of the molecule is CCCCn1c(SCC)nc2cc3ccccc3cc2c1=O. The second-order valence-electron chi connectivity index (χ2n) is 5.35. The normalized spacial score (nSPS) is 11.4. The summed E-state index contributed by atoms with van der Waals surface area (Å²) >= 11 is 1.64. The van der Waals surface area contributed by atoms with E-state index < -0.39 is 0 Å². The second kappa shape index (κ2) is 6.53. The number of rotatable bonds is 5. The minimum absolute atomic E-state index is 0.0835. The number of hydrogen-bond donors (Lipinski definition) is 0. The van der Waals surface area contributed by atoms with Crippen molar-refractivity contribution in [3.05, 3.63) is 46.8 Å². The van der Waals surface area contributed by atoms with Gasteiger partial charge in [-0.1, -0.05) is 56.3 Å². The van der Waals surface area contributed by atoms with Crippen LogP contribution in [0.15, 0.2) is 46.3 Å². The van der Waals surface area contributed by atoms with Crippen molar-refractivity contribution in [1.29, 1.82) is 0 Å². The molecule has 3 rings (SSSR count). The maximum atomic E-state index is 12.9. The van der Waals surface area contributed by atoms with Gasteiger partial charge in [0, 0.05) is 6.54 Å². The van der Waals surface area contributed by atoms with E-state index in [9.17, 15) is 4.79 Å². The van der Waals surface area contributed by atoms with E-state index in [1.54, 1.807) is 11.8 Å². The lowest BCUT2D eigenvalue weighted by molar-refractivity contribution is 0.558. The Bertz CT molecular complexity index is 870. The Morgan fingerprint density at radius 1 is 1.14 bits per heavy atom. The van der Waals surface area contributed by atoms with Crippen LogP contribution in [0.25, 0.3) is 21.7 Å². The van der Waals surface area contributed by atoms with E-state index in [0.717, 1.165) is 52.0 Å². The summed E-state index contributed by atoms with van der Waals surface area (Å²) in [5, 5.41) is 3.77. The first kappa shape index (κ1) is 15.1. The van der Waals surface area contributed by atoms with Crippen LogP contribution in [0.3, 0.4) is 0 Å². The van der Waals surface area contributed by atoms with Crippen molar-refractivity contribution in [1.82, 2.24) is 9.55 Å². The summed E-state index contributed by atoms with van der Waals surface area (Å²) in [7, 11) is 0. The second-order valence-corrected chi connectivity index (χ2v) is 6.59. The van der Waals surface area contributed by atoms with E-state index in [1.165, 1.54) is 0 Å². The molecule has 2 aromatic carbocycles. The number of nitrogens with zero attached hydrogens (tertiary/aromatic N) is 2. The van der Waals surface area contributed by atoms with Gasteiger partial charge in [-0.05, 0) is 35.1 Å². The van der Waals surface area contributed by atoms with Crippen LogP contribution in [0.4, 0.5) is 0 Å². The Balaban J connectivity index is 2.28. The number of thioether (sulfide) groups is 1. The van der Waals surface area contributed by atoms with Crippen LogP contribution in [0.2, 0.25) is 0 Å². The molecule has 0 amide bonds. The lowest BCUT2D eigenvalue weighted by atomic mass is 10.1. The van der Waals surface area contributed by atoms with E-state index in [4.69, 9.17) is 4.98 Å². The summed E-state index contributed by atoms with van der Waals surface area (Å²) in [6.45, 7) is 4.97. The maximum Gasteiger partial charge on any atom is 0.262 e. The zero-order chi connectivity index (χ0) is 15.5. The molecule has 0 bridgehead atoms. The van der Waals surface area contributed by atoms with Crippen LogP contribution < -0.4 is 5.56 Å². The van der Waals surface area contributed by atoms with Crippen molar-refractivity contribution >= 4 is 33.4 Å². The van der Waals surface area contributed by atoms with Gasteiger partial charge in [0.05, 0.1) is 10.9 Å². The van der Waals surface area contributed by atoms with Gasteiger partial charge in [-0.25, -0.2) is 4.98 Å². The number of benzene rings is 2. The minimum atomic E-state index is 0.0835. The van der Waals surface area contributed by atoms with Crippen molar-refractivity contribution in [2.45, 2.75) is 38.4 Å². The molecule has 0 N–H and O–H groups in total. The Hall–Kier alpha value is -1.81. The average molecular weight is 312 g/mol. The summed E-state index contributed by atoms with van der Waals surface area (Å²) in [6.07, 6.45) is 2.07. The van der Waals surface area contributed by atoms with Gasteiger partial charge in [-0.2, -0.15) is 0 Å².